The van der Waals surface area contributed by atoms with E-state index < -0.39 is 5.25 Å². The summed E-state index contributed by atoms with van der Waals surface area (Å²) < 4.78 is 12.4. The van der Waals surface area contributed by atoms with Crippen LogP contribution in [-0.4, -0.2) is 38.9 Å². The van der Waals surface area contributed by atoms with Crippen molar-refractivity contribution in [3.63, 3.8) is 0 Å². The quantitative estimate of drug-likeness (QED) is 0.361. The highest BCUT2D eigenvalue weighted by molar-refractivity contribution is 8.00. The first-order valence-corrected chi connectivity index (χ1v) is 11.3. The molecule has 2 aromatic heterocycles. The Morgan fingerprint density at radius 3 is 2.50 bits per heavy atom. The van der Waals surface area contributed by atoms with Gasteiger partial charge in [-0.15, -0.1) is 10.2 Å². The third-order valence-corrected chi connectivity index (χ3v) is 6.13. The molecule has 0 fully saturated rings. The second-order valence-electron chi connectivity index (χ2n) is 7.32. The van der Waals surface area contributed by atoms with Gasteiger partial charge in [0.15, 0.2) is 16.7 Å². The zero-order valence-electron chi connectivity index (χ0n) is 18.8. The Morgan fingerprint density at radius 1 is 1.03 bits per heavy atom. The van der Waals surface area contributed by atoms with E-state index in [1.165, 1.54) is 11.8 Å². The summed E-state index contributed by atoms with van der Waals surface area (Å²) in [5.41, 5.74) is 1.62. The van der Waals surface area contributed by atoms with Crippen LogP contribution in [0.3, 0.4) is 0 Å². The summed E-state index contributed by atoms with van der Waals surface area (Å²) >= 11 is 1.29. The molecular formula is C24H23N5O4S. The maximum absolute atomic E-state index is 12.7. The van der Waals surface area contributed by atoms with Gasteiger partial charge in [0, 0.05) is 18.3 Å². The van der Waals surface area contributed by atoms with Crippen molar-refractivity contribution in [2.24, 2.45) is 7.05 Å². The van der Waals surface area contributed by atoms with E-state index in [2.05, 4.69) is 20.8 Å². The molecule has 0 spiro atoms. The van der Waals surface area contributed by atoms with Crippen LogP contribution in [0.15, 0.2) is 76.5 Å². The Balaban J connectivity index is 1.36. The van der Waals surface area contributed by atoms with Crippen LogP contribution >= 0.6 is 11.8 Å². The number of anilines is 2. The van der Waals surface area contributed by atoms with Crippen LogP contribution in [0.1, 0.15) is 17.3 Å². The van der Waals surface area contributed by atoms with Crippen LogP contribution in [0.2, 0.25) is 0 Å². The van der Waals surface area contributed by atoms with Crippen LogP contribution in [0.5, 0.6) is 5.75 Å². The van der Waals surface area contributed by atoms with Crippen LogP contribution in [0, 0.1) is 0 Å². The number of amides is 2. The molecule has 2 heterocycles. The minimum atomic E-state index is -0.430. The van der Waals surface area contributed by atoms with Gasteiger partial charge in [0.2, 0.25) is 5.91 Å². The first-order chi connectivity index (χ1) is 16.5. The van der Waals surface area contributed by atoms with Crippen LogP contribution in [0.4, 0.5) is 11.4 Å². The van der Waals surface area contributed by atoms with Crippen LogP contribution in [-0.2, 0) is 11.8 Å². The fourth-order valence-electron chi connectivity index (χ4n) is 3.14. The van der Waals surface area contributed by atoms with E-state index in [4.69, 9.17) is 9.15 Å². The molecule has 9 nitrogen and oxygen atoms in total. The highest BCUT2D eigenvalue weighted by atomic mass is 32.2. The van der Waals surface area contributed by atoms with Crippen molar-refractivity contribution >= 4 is 35.0 Å². The normalized spacial score (nSPS) is 11.6. The van der Waals surface area contributed by atoms with Gasteiger partial charge in [-0.05, 0) is 55.5 Å². The Hall–Kier alpha value is -4.05. The van der Waals surface area contributed by atoms with E-state index in [9.17, 15) is 9.59 Å². The summed E-state index contributed by atoms with van der Waals surface area (Å²) in [6.07, 6.45) is 1.57. The largest absolute Gasteiger partial charge is 0.495 e. The zero-order valence-corrected chi connectivity index (χ0v) is 19.6. The molecule has 0 aliphatic carbocycles. The number of benzene rings is 2. The van der Waals surface area contributed by atoms with Gasteiger partial charge >= 0.3 is 0 Å². The van der Waals surface area contributed by atoms with Gasteiger partial charge in [-0.1, -0.05) is 23.9 Å². The van der Waals surface area contributed by atoms with Crippen molar-refractivity contribution in [1.82, 2.24) is 14.8 Å². The third kappa shape index (κ3) is 5.12. The molecule has 4 rings (SSSR count). The number of para-hydroxylation sites is 2. The number of nitrogens with one attached hydrogen (secondary N) is 2. The minimum Gasteiger partial charge on any atom is -0.495 e. The predicted octanol–water partition coefficient (Wildman–Crippen LogP) is 4.46. The highest BCUT2D eigenvalue weighted by Gasteiger charge is 2.20. The highest BCUT2D eigenvalue weighted by Crippen LogP contribution is 2.27. The lowest BCUT2D eigenvalue weighted by atomic mass is 10.2. The van der Waals surface area contributed by atoms with Crippen molar-refractivity contribution in [2.75, 3.05) is 17.7 Å². The van der Waals surface area contributed by atoms with Gasteiger partial charge in [-0.25, -0.2) is 0 Å². The Labute approximate surface area is 200 Å². The molecule has 0 aliphatic heterocycles. The molecular weight excluding hydrogens is 454 g/mol. The number of carbonyl (C=O) groups is 2. The number of hydrogen-bond donors (Lipinski definition) is 2. The minimum absolute atomic E-state index is 0.196. The van der Waals surface area contributed by atoms with Crippen LogP contribution < -0.4 is 15.4 Å². The van der Waals surface area contributed by atoms with Gasteiger partial charge in [-0.2, -0.15) is 0 Å². The average molecular weight is 478 g/mol. The van der Waals surface area contributed by atoms with Crippen molar-refractivity contribution < 1.29 is 18.7 Å². The van der Waals surface area contributed by atoms with Gasteiger partial charge in [-0.3, -0.25) is 9.59 Å². The summed E-state index contributed by atoms with van der Waals surface area (Å²) in [4.78, 5) is 25.3. The molecule has 2 aromatic carbocycles. The van der Waals surface area contributed by atoms with Crippen molar-refractivity contribution in [3.05, 3.63) is 72.5 Å². The Morgan fingerprint density at radius 2 is 1.79 bits per heavy atom. The third-order valence-electron chi connectivity index (χ3n) is 5.00. The number of ether oxygens (including phenoxy) is 1. The van der Waals surface area contributed by atoms with Gasteiger partial charge in [0.1, 0.15) is 5.75 Å². The fourth-order valence-corrected chi connectivity index (χ4v) is 3.96. The molecule has 4 aromatic rings. The van der Waals surface area contributed by atoms with Gasteiger partial charge in [0.25, 0.3) is 5.91 Å². The number of carbonyl (C=O) groups excluding carboxylic acids is 2. The van der Waals surface area contributed by atoms with E-state index in [1.54, 1.807) is 73.4 Å². The van der Waals surface area contributed by atoms with E-state index in [0.29, 0.717) is 39.4 Å². The number of rotatable bonds is 8. The Bertz CT molecular complexity index is 1290. The average Bonchev–Trinajstić information content (AvgIpc) is 3.50. The topological polar surface area (TPSA) is 111 Å². The van der Waals surface area contributed by atoms with Gasteiger partial charge < -0.3 is 24.4 Å². The lowest BCUT2D eigenvalue weighted by molar-refractivity contribution is -0.115. The van der Waals surface area contributed by atoms with Crippen molar-refractivity contribution in [1.29, 1.82) is 0 Å². The summed E-state index contributed by atoms with van der Waals surface area (Å²) in [6.45, 7) is 1.79. The number of furan rings is 1. The van der Waals surface area contributed by atoms with E-state index in [-0.39, 0.29) is 11.8 Å². The lowest BCUT2D eigenvalue weighted by Gasteiger charge is -2.12. The molecule has 2 N–H and O–H groups in total. The molecule has 0 saturated carbocycles. The number of thioether (sulfide) groups is 1. The SMILES string of the molecule is COc1ccccc1NC(=O)c1ccc(NC(=O)C(C)Sc2nnc(-c3ccco3)n2C)cc1. The number of aromatic nitrogens is 3. The van der Waals surface area contributed by atoms with Gasteiger partial charge in [0.05, 0.1) is 24.3 Å². The lowest BCUT2D eigenvalue weighted by Crippen LogP contribution is -2.23. The zero-order chi connectivity index (χ0) is 24.1. The molecule has 0 aliphatic rings. The summed E-state index contributed by atoms with van der Waals surface area (Å²) in [5, 5.41) is 14.2. The smallest absolute Gasteiger partial charge is 0.255 e. The maximum atomic E-state index is 12.7. The molecule has 10 heteroatoms. The summed E-state index contributed by atoms with van der Waals surface area (Å²) in [6, 6.07) is 17.4. The second-order valence-corrected chi connectivity index (χ2v) is 8.63. The van der Waals surface area contributed by atoms with Crippen LogP contribution in [0.25, 0.3) is 11.6 Å². The van der Waals surface area contributed by atoms with E-state index >= 15 is 0 Å². The van der Waals surface area contributed by atoms with E-state index in [0.717, 1.165) is 0 Å². The fraction of sp³-hybridized carbons (Fsp3) is 0.167. The predicted molar refractivity (Wildman–Crippen MR) is 130 cm³/mol. The van der Waals surface area contributed by atoms with E-state index in [1.807, 2.05) is 19.2 Å². The number of hydrogen-bond acceptors (Lipinski definition) is 7. The number of methoxy groups -OCH3 is 1. The molecule has 0 radical (unpaired) electrons. The number of nitrogens with zero attached hydrogens (tertiary/aromatic N) is 3. The summed E-state index contributed by atoms with van der Waals surface area (Å²) in [5.74, 6) is 1.29. The molecule has 34 heavy (non-hydrogen) atoms. The van der Waals surface area contributed by atoms with Crippen molar-refractivity contribution in [2.45, 2.75) is 17.3 Å². The van der Waals surface area contributed by atoms with Crippen molar-refractivity contribution in [3.8, 4) is 17.3 Å². The monoisotopic (exact) mass is 477 g/mol. The maximum Gasteiger partial charge on any atom is 0.255 e. The first-order valence-electron chi connectivity index (χ1n) is 10.4. The first kappa shape index (κ1) is 23.1. The molecule has 2 amide bonds. The molecule has 1 atom stereocenters. The Kier molecular flexibility index (Phi) is 6.98. The molecule has 0 bridgehead atoms. The standard InChI is InChI=1S/C24H23N5O4S/c1-15(34-24-28-27-21(29(24)2)20-9-6-14-33-20)22(30)25-17-12-10-16(11-13-17)23(31)26-18-7-4-5-8-19(18)32-3/h4-15H,1-3H3,(H,25,30)(H,26,31). The molecule has 0 saturated heterocycles. The summed E-state index contributed by atoms with van der Waals surface area (Å²) in [7, 11) is 3.36. The second kappa shape index (κ2) is 10.3. The molecule has 1 unspecified atom stereocenters. The molecule has 174 valence electrons.